The minimum absolute atomic E-state index is 0.0960. The highest BCUT2D eigenvalue weighted by molar-refractivity contribution is 5.85. The highest BCUT2D eigenvalue weighted by Crippen LogP contribution is 2.37. The summed E-state index contributed by atoms with van der Waals surface area (Å²) < 4.78 is 0. The van der Waals surface area contributed by atoms with Gasteiger partial charge < -0.3 is 10.2 Å². The predicted molar refractivity (Wildman–Crippen MR) is 122 cm³/mol. The van der Waals surface area contributed by atoms with Crippen molar-refractivity contribution >= 4 is 11.8 Å². The maximum atomic E-state index is 13.3. The molecule has 5 nitrogen and oxygen atoms in total. The zero-order chi connectivity index (χ0) is 21.7. The van der Waals surface area contributed by atoms with Gasteiger partial charge in [0.1, 0.15) is 0 Å². The van der Waals surface area contributed by atoms with Crippen molar-refractivity contribution in [3.8, 4) is 11.1 Å². The molecule has 2 aliphatic rings. The van der Waals surface area contributed by atoms with Crippen LogP contribution in [0.1, 0.15) is 51.0 Å². The smallest absolute Gasteiger partial charge is 0.228 e. The van der Waals surface area contributed by atoms with E-state index in [1.807, 2.05) is 17.0 Å². The fourth-order valence-corrected chi connectivity index (χ4v) is 4.82. The topological polar surface area (TPSA) is 62.3 Å². The second kappa shape index (κ2) is 9.63. The molecular weight excluding hydrogens is 386 g/mol. The summed E-state index contributed by atoms with van der Waals surface area (Å²) in [6.07, 6.45) is 10.0. The van der Waals surface area contributed by atoms with E-state index in [1.54, 1.807) is 12.4 Å². The number of hydrogen-bond donors (Lipinski definition) is 1. The zero-order valence-corrected chi connectivity index (χ0v) is 18.5. The van der Waals surface area contributed by atoms with Gasteiger partial charge in [-0.3, -0.25) is 14.6 Å². The van der Waals surface area contributed by atoms with Gasteiger partial charge in [0.15, 0.2) is 0 Å². The summed E-state index contributed by atoms with van der Waals surface area (Å²) in [6, 6.07) is 12.5. The van der Waals surface area contributed by atoms with Gasteiger partial charge in [0.2, 0.25) is 11.8 Å². The molecule has 1 atom stereocenters. The van der Waals surface area contributed by atoms with Crippen molar-refractivity contribution in [2.24, 2.45) is 11.3 Å². The summed E-state index contributed by atoms with van der Waals surface area (Å²) in [5, 5.41) is 3.13. The minimum atomic E-state index is -0.551. The quantitative estimate of drug-likeness (QED) is 0.731. The van der Waals surface area contributed by atoms with Gasteiger partial charge in [0, 0.05) is 37.9 Å². The average molecular weight is 420 g/mol. The van der Waals surface area contributed by atoms with Crippen molar-refractivity contribution in [2.45, 2.75) is 51.9 Å². The lowest BCUT2D eigenvalue weighted by Gasteiger charge is -2.44. The van der Waals surface area contributed by atoms with Crippen LogP contribution in [-0.4, -0.2) is 41.3 Å². The molecule has 2 aromatic rings. The van der Waals surface area contributed by atoms with E-state index < -0.39 is 5.41 Å². The van der Waals surface area contributed by atoms with E-state index in [4.69, 9.17) is 0 Å². The second-order valence-corrected chi connectivity index (χ2v) is 9.14. The number of carbonyl (C=O) groups is 2. The van der Waals surface area contributed by atoms with Crippen LogP contribution in [0.5, 0.6) is 0 Å². The van der Waals surface area contributed by atoms with Gasteiger partial charge in [0.05, 0.1) is 5.41 Å². The highest BCUT2D eigenvalue weighted by atomic mass is 16.2. The molecule has 2 fully saturated rings. The molecule has 2 heterocycles. The Hall–Kier alpha value is -2.69. The third-order valence-corrected chi connectivity index (χ3v) is 6.87. The van der Waals surface area contributed by atoms with Crippen LogP contribution in [0, 0.1) is 11.3 Å². The molecule has 2 amide bonds. The van der Waals surface area contributed by atoms with Crippen LogP contribution in [0.2, 0.25) is 0 Å². The first kappa shape index (κ1) is 21.5. The largest absolute Gasteiger partial charge is 0.356 e. The molecule has 1 aromatic carbocycles. The molecule has 164 valence electrons. The maximum absolute atomic E-state index is 13.3. The molecule has 0 spiro atoms. The van der Waals surface area contributed by atoms with Gasteiger partial charge in [-0.15, -0.1) is 0 Å². The van der Waals surface area contributed by atoms with Gasteiger partial charge in [-0.1, -0.05) is 37.6 Å². The third-order valence-electron chi connectivity index (χ3n) is 6.87. The normalized spacial score (nSPS) is 21.4. The Morgan fingerprint density at radius 3 is 2.42 bits per heavy atom. The second-order valence-electron chi connectivity index (χ2n) is 9.14. The number of amides is 2. The summed E-state index contributed by atoms with van der Waals surface area (Å²) >= 11 is 0. The zero-order valence-electron chi connectivity index (χ0n) is 18.5. The Balaban J connectivity index is 1.54. The summed E-state index contributed by atoms with van der Waals surface area (Å²) in [6.45, 7) is 4.05. The van der Waals surface area contributed by atoms with Crippen LogP contribution in [-0.2, 0) is 16.0 Å². The summed E-state index contributed by atoms with van der Waals surface area (Å²) in [5.41, 5.74) is 2.86. The molecular formula is C26H33N3O2. The lowest BCUT2D eigenvalue weighted by Crippen LogP contribution is -2.55. The Bertz CT molecular complexity index is 893. The predicted octanol–water partition coefficient (Wildman–Crippen LogP) is 4.23. The van der Waals surface area contributed by atoms with Crippen molar-refractivity contribution < 1.29 is 9.59 Å². The number of aromatic nitrogens is 1. The van der Waals surface area contributed by atoms with Crippen molar-refractivity contribution in [3.05, 3.63) is 54.4 Å². The van der Waals surface area contributed by atoms with E-state index in [1.165, 1.54) is 0 Å². The van der Waals surface area contributed by atoms with Crippen molar-refractivity contribution in [3.63, 3.8) is 0 Å². The van der Waals surface area contributed by atoms with Gasteiger partial charge in [0.25, 0.3) is 0 Å². The molecule has 1 saturated carbocycles. The van der Waals surface area contributed by atoms with E-state index >= 15 is 0 Å². The minimum Gasteiger partial charge on any atom is -0.356 e. The number of carbonyl (C=O) groups excluding carboxylic acids is 2. The summed E-state index contributed by atoms with van der Waals surface area (Å²) in [7, 11) is 0. The number of benzene rings is 1. The van der Waals surface area contributed by atoms with Crippen LogP contribution >= 0.6 is 0 Å². The summed E-state index contributed by atoms with van der Waals surface area (Å²) in [5.74, 6) is 0.527. The van der Waals surface area contributed by atoms with Gasteiger partial charge in [-0.25, -0.2) is 0 Å². The fourth-order valence-electron chi connectivity index (χ4n) is 4.82. The third kappa shape index (κ3) is 4.81. The number of pyridine rings is 1. The van der Waals surface area contributed by atoms with E-state index in [0.29, 0.717) is 19.5 Å². The standard InChI is InChI=1S/C26H33N3O2/c1-2-14-28-25(31)26(13-4-17-29(19-26)24(30)23-5-3-6-23)18-20-7-9-21(10-8-20)22-11-15-27-16-12-22/h7-12,15-16,23H,2-6,13-14,17-19H2,1H3,(H,28,31)/t26-/m1/s1. The highest BCUT2D eigenvalue weighted by Gasteiger charge is 2.44. The van der Waals surface area contributed by atoms with Gasteiger partial charge >= 0.3 is 0 Å². The molecule has 31 heavy (non-hydrogen) atoms. The molecule has 1 aliphatic carbocycles. The lowest BCUT2D eigenvalue weighted by molar-refractivity contribution is -0.146. The molecule has 5 heteroatoms. The molecule has 0 unspecified atom stereocenters. The summed E-state index contributed by atoms with van der Waals surface area (Å²) in [4.78, 5) is 32.3. The molecule has 1 aliphatic heterocycles. The number of rotatable bonds is 7. The monoisotopic (exact) mass is 419 g/mol. The van der Waals surface area contributed by atoms with Crippen LogP contribution in [0.4, 0.5) is 0 Å². The molecule has 0 radical (unpaired) electrons. The maximum Gasteiger partial charge on any atom is 0.228 e. The van der Waals surface area contributed by atoms with Crippen LogP contribution in [0.3, 0.4) is 0 Å². The van der Waals surface area contributed by atoms with Crippen molar-refractivity contribution in [1.29, 1.82) is 0 Å². The van der Waals surface area contributed by atoms with Crippen LogP contribution in [0.25, 0.3) is 11.1 Å². The number of hydrogen-bond acceptors (Lipinski definition) is 3. The van der Waals surface area contributed by atoms with Gasteiger partial charge in [-0.2, -0.15) is 0 Å². The number of nitrogens with zero attached hydrogens (tertiary/aromatic N) is 2. The number of piperidine rings is 1. The van der Waals surface area contributed by atoms with Crippen molar-refractivity contribution in [2.75, 3.05) is 19.6 Å². The van der Waals surface area contributed by atoms with Gasteiger partial charge in [-0.05, 0) is 67.3 Å². The molecule has 1 N–H and O–H groups in total. The van der Waals surface area contributed by atoms with Crippen molar-refractivity contribution in [1.82, 2.24) is 15.2 Å². The molecule has 0 bridgehead atoms. The Labute approximate surface area is 185 Å². The SMILES string of the molecule is CCCNC(=O)[C@@]1(Cc2ccc(-c3ccncc3)cc2)CCCN(C(=O)C2CCC2)C1. The molecule has 1 aromatic heterocycles. The van der Waals surface area contributed by atoms with E-state index in [9.17, 15) is 9.59 Å². The first-order valence-electron chi connectivity index (χ1n) is 11.7. The number of nitrogens with one attached hydrogen (secondary N) is 1. The Morgan fingerprint density at radius 2 is 1.77 bits per heavy atom. The Morgan fingerprint density at radius 1 is 1.06 bits per heavy atom. The Kier molecular flexibility index (Phi) is 6.69. The van der Waals surface area contributed by atoms with E-state index in [-0.39, 0.29) is 17.7 Å². The molecule has 1 saturated heterocycles. The average Bonchev–Trinajstić information content (AvgIpc) is 2.77. The van der Waals surface area contributed by atoms with E-state index in [0.717, 1.165) is 61.8 Å². The first-order valence-corrected chi connectivity index (χ1v) is 11.7. The lowest BCUT2D eigenvalue weighted by atomic mass is 9.73. The molecule has 4 rings (SSSR count). The van der Waals surface area contributed by atoms with Crippen LogP contribution < -0.4 is 5.32 Å². The van der Waals surface area contributed by atoms with Crippen LogP contribution in [0.15, 0.2) is 48.8 Å². The number of likely N-dealkylation sites (tertiary alicyclic amines) is 1. The fraction of sp³-hybridized carbons (Fsp3) is 0.500. The van der Waals surface area contributed by atoms with E-state index in [2.05, 4.69) is 41.5 Å². The first-order chi connectivity index (χ1) is 15.1.